The molecule has 9 heteroatoms. The van der Waals surface area contributed by atoms with Crippen molar-refractivity contribution >= 4 is 24.4 Å². The number of nitrogens with zero attached hydrogens (tertiary/aromatic N) is 2. The molecule has 9 nitrogen and oxygen atoms in total. The van der Waals surface area contributed by atoms with E-state index in [1.807, 2.05) is 4.90 Å². The van der Waals surface area contributed by atoms with Crippen LogP contribution in [0.25, 0.3) is 0 Å². The summed E-state index contributed by atoms with van der Waals surface area (Å²) in [6.07, 6.45) is 5.53. The number of hydrogen-bond donors (Lipinski definition) is 2. The van der Waals surface area contributed by atoms with Crippen LogP contribution in [0.2, 0.25) is 0 Å². The third kappa shape index (κ3) is 10.5. The fourth-order valence-electron chi connectivity index (χ4n) is 3.81. The number of aliphatic carboxylic acids is 1. The Morgan fingerprint density at radius 1 is 1.13 bits per heavy atom. The molecule has 0 aromatic heterocycles. The van der Waals surface area contributed by atoms with Crippen LogP contribution < -0.4 is 5.32 Å². The standard InChI is InChI=1S/C19H32N2O5.C3H7NO/c1-19(2,3)26-18(25)20-15(16(22)21-10-4-5-11-21)12-13-6-8-14(9-7-13)17(23)24;1-4(2)3-5/h13-15H,4-12H2,1-3H3,(H,20,25)(H,23,24);3H,1-2H3/t13?,14?,15-;/m0./s1. The lowest BCUT2D eigenvalue weighted by atomic mass is 9.79. The van der Waals surface area contributed by atoms with E-state index < -0.39 is 23.7 Å². The quantitative estimate of drug-likeness (QED) is 0.612. The maximum absolute atomic E-state index is 12.9. The predicted molar refractivity (Wildman–Crippen MR) is 116 cm³/mol. The number of rotatable bonds is 6. The highest BCUT2D eigenvalue weighted by molar-refractivity contribution is 5.86. The van der Waals surface area contributed by atoms with Gasteiger partial charge in [-0.2, -0.15) is 0 Å². The average molecular weight is 442 g/mol. The van der Waals surface area contributed by atoms with Gasteiger partial charge in [0.05, 0.1) is 5.92 Å². The number of carbonyl (C=O) groups excluding carboxylic acids is 3. The van der Waals surface area contributed by atoms with E-state index in [0.29, 0.717) is 19.3 Å². The first kappa shape index (κ1) is 26.7. The summed E-state index contributed by atoms with van der Waals surface area (Å²) in [4.78, 5) is 48.8. The van der Waals surface area contributed by atoms with Crippen molar-refractivity contribution in [3.05, 3.63) is 0 Å². The largest absolute Gasteiger partial charge is 0.481 e. The number of nitrogens with one attached hydrogen (secondary N) is 1. The minimum atomic E-state index is -0.736. The molecule has 0 aromatic carbocycles. The van der Waals surface area contributed by atoms with Gasteiger partial charge in [-0.15, -0.1) is 0 Å². The molecule has 2 rings (SSSR count). The van der Waals surface area contributed by atoms with E-state index in [9.17, 15) is 19.2 Å². The number of carboxylic acids is 1. The molecule has 2 aliphatic rings. The maximum atomic E-state index is 12.9. The van der Waals surface area contributed by atoms with Crippen molar-refractivity contribution in [1.82, 2.24) is 15.1 Å². The van der Waals surface area contributed by atoms with Crippen LogP contribution in [0.1, 0.15) is 65.7 Å². The van der Waals surface area contributed by atoms with Gasteiger partial charge in [0, 0.05) is 27.2 Å². The van der Waals surface area contributed by atoms with E-state index in [1.165, 1.54) is 4.90 Å². The Hall–Kier alpha value is -2.32. The summed E-state index contributed by atoms with van der Waals surface area (Å²) in [7, 11) is 3.38. The number of hydrogen-bond acceptors (Lipinski definition) is 5. The Kier molecular flexibility index (Phi) is 10.8. The molecule has 2 N–H and O–H groups in total. The van der Waals surface area contributed by atoms with E-state index in [0.717, 1.165) is 45.2 Å². The predicted octanol–water partition coefficient (Wildman–Crippen LogP) is 2.49. The van der Waals surface area contributed by atoms with Gasteiger partial charge in [-0.05, 0) is 71.6 Å². The molecule has 0 bridgehead atoms. The van der Waals surface area contributed by atoms with Crippen LogP contribution in [-0.4, -0.2) is 78.1 Å². The Bertz CT molecular complexity index is 603. The molecular formula is C22H39N3O6. The molecule has 1 aliphatic carbocycles. The monoisotopic (exact) mass is 441 g/mol. The third-order valence-electron chi connectivity index (χ3n) is 5.38. The Labute approximate surface area is 185 Å². The van der Waals surface area contributed by atoms with E-state index in [-0.39, 0.29) is 17.7 Å². The molecule has 178 valence electrons. The molecule has 31 heavy (non-hydrogen) atoms. The molecule has 0 aromatic rings. The van der Waals surface area contributed by atoms with Crippen LogP contribution in [-0.2, 0) is 19.1 Å². The van der Waals surface area contributed by atoms with Gasteiger partial charge in [0.2, 0.25) is 12.3 Å². The van der Waals surface area contributed by atoms with Gasteiger partial charge >= 0.3 is 12.1 Å². The summed E-state index contributed by atoms with van der Waals surface area (Å²) in [5, 5.41) is 11.9. The molecular weight excluding hydrogens is 402 g/mol. The molecule has 2 fully saturated rings. The number of amides is 3. The minimum absolute atomic E-state index is 0.0475. The van der Waals surface area contributed by atoms with E-state index in [1.54, 1.807) is 34.9 Å². The Balaban J connectivity index is 0.000000861. The minimum Gasteiger partial charge on any atom is -0.481 e. The van der Waals surface area contributed by atoms with Crippen molar-refractivity contribution < 1.29 is 29.0 Å². The van der Waals surface area contributed by atoms with Crippen LogP contribution in [0.4, 0.5) is 4.79 Å². The normalized spacial score (nSPS) is 21.9. The second-order valence-corrected chi connectivity index (χ2v) is 9.59. The van der Waals surface area contributed by atoms with Gasteiger partial charge < -0.3 is 25.0 Å². The van der Waals surface area contributed by atoms with Gasteiger partial charge in [0.15, 0.2) is 0 Å². The van der Waals surface area contributed by atoms with Gasteiger partial charge in [-0.1, -0.05) is 0 Å². The second kappa shape index (κ2) is 12.5. The Morgan fingerprint density at radius 3 is 2.06 bits per heavy atom. The summed E-state index contributed by atoms with van der Waals surface area (Å²) in [6, 6.07) is -0.602. The molecule has 0 spiro atoms. The Morgan fingerprint density at radius 2 is 1.65 bits per heavy atom. The first-order valence-electron chi connectivity index (χ1n) is 11.1. The fraction of sp³-hybridized carbons (Fsp3) is 0.818. The average Bonchev–Trinajstić information content (AvgIpc) is 3.21. The van der Waals surface area contributed by atoms with E-state index in [4.69, 9.17) is 9.84 Å². The number of ether oxygens (including phenoxy) is 1. The first-order chi connectivity index (χ1) is 14.4. The fourth-order valence-corrected chi connectivity index (χ4v) is 3.81. The van der Waals surface area contributed by atoms with E-state index >= 15 is 0 Å². The molecule has 0 unspecified atom stereocenters. The van der Waals surface area contributed by atoms with Crippen LogP contribution in [0, 0.1) is 11.8 Å². The summed E-state index contributed by atoms with van der Waals surface area (Å²) in [5.74, 6) is -0.816. The van der Waals surface area contributed by atoms with Gasteiger partial charge in [0.25, 0.3) is 0 Å². The summed E-state index contributed by atoms with van der Waals surface area (Å²) in [5.41, 5.74) is -0.620. The van der Waals surface area contributed by atoms with Crippen LogP contribution in [0.5, 0.6) is 0 Å². The SMILES string of the molecule is CC(C)(C)OC(=O)N[C@@H](CC1CCC(C(=O)O)CC1)C(=O)N1CCCC1.CN(C)C=O. The maximum Gasteiger partial charge on any atom is 0.408 e. The molecule has 1 saturated carbocycles. The van der Waals surface area contributed by atoms with Crippen molar-refractivity contribution in [3.8, 4) is 0 Å². The summed E-state index contributed by atoms with van der Waals surface area (Å²) < 4.78 is 5.32. The lowest BCUT2D eigenvalue weighted by Crippen LogP contribution is -2.50. The zero-order valence-corrected chi connectivity index (χ0v) is 19.6. The van der Waals surface area contributed by atoms with Crippen molar-refractivity contribution in [1.29, 1.82) is 0 Å². The summed E-state index contributed by atoms with van der Waals surface area (Å²) >= 11 is 0. The lowest BCUT2D eigenvalue weighted by Gasteiger charge is -2.31. The molecule has 1 saturated heterocycles. The smallest absolute Gasteiger partial charge is 0.408 e. The highest BCUT2D eigenvalue weighted by Gasteiger charge is 2.33. The van der Waals surface area contributed by atoms with Crippen molar-refractivity contribution in [2.75, 3.05) is 27.2 Å². The zero-order chi connectivity index (χ0) is 23.6. The molecule has 1 heterocycles. The molecule has 1 aliphatic heterocycles. The van der Waals surface area contributed by atoms with Crippen LogP contribution in [0.15, 0.2) is 0 Å². The number of carboxylic acid groups (broad SMARTS) is 1. The number of carbonyl (C=O) groups is 4. The van der Waals surface area contributed by atoms with Crippen molar-refractivity contribution in [3.63, 3.8) is 0 Å². The highest BCUT2D eigenvalue weighted by Crippen LogP contribution is 2.32. The van der Waals surface area contributed by atoms with Crippen LogP contribution in [0.3, 0.4) is 0 Å². The van der Waals surface area contributed by atoms with Gasteiger partial charge in [0.1, 0.15) is 11.6 Å². The molecule has 3 amide bonds. The first-order valence-corrected chi connectivity index (χ1v) is 11.1. The molecule has 1 atom stereocenters. The highest BCUT2D eigenvalue weighted by atomic mass is 16.6. The number of alkyl carbamates (subject to hydrolysis) is 1. The van der Waals surface area contributed by atoms with E-state index in [2.05, 4.69) is 5.32 Å². The van der Waals surface area contributed by atoms with Crippen molar-refractivity contribution in [2.45, 2.75) is 77.4 Å². The third-order valence-corrected chi connectivity index (χ3v) is 5.38. The second-order valence-electron chi connectivity index (χ2n) is 9.59. The topological polar surface area (TPSA) is 116 Å². The summed E-state index contributed by atoms with van der Waals surface area (Å²) in [6.45, 7) is 6.83. The van der Waals surface area contributed by atoms with Gasteiger partial charge in [-0.25, -0.2) is 4.79 Å². The zero-order valence-electron chi connectivity index (χ0n) is 19.6. The van der Waals surface area contributed by atoms with Crippen molar-refractivity contribution in [2.24, 2.45) is 11.8 Å². The number of likely N-dealkylation sites (tertiary alicyclic amines) is 1. The molecule has 0 radical (unpaired) electrons. The lowest BCUT2D eigenvalue weighted by molar-refractivity contribution is -0.143. The van der Waals surface area contributed by atoms with Crippen LogP contribution >= 0.6 is 0 Å². The van der Waals surface area contributed by atoms with Gasteiger partial charge in [-0.3, -0.25) is 14.4 Å².